The molecule has 3 rings (SSSR count). The normalized spacial score (nSPS) is 11.5. The minimum absolute atomic E-state index is 0.174. The SMILES string of the molecule is CC.CC/C(C)=C/NC.CCN/N=C(\CC)Cc1nc2c(s1)c1cnn(CC=N)c(=O)c1n2C. The lowest BCUT2D eigenvalue weighted by atomic mass is 10.2. The van der Waals surface area contributed by atoms with Crippen molar-refractivity contribution in [1.29, 1.82) is 5.41 Å². The zero-order valence-electron chi connectivity index (χ0n) is 21.8. The fraction of sp³-hybridized carbons (Fsp3) is 0.542. The van der Waals surface area contributed by atoms with Crippen molar-refractivity contribution in [2.45, 2.75) is 67.3 Å². The predicted molar refractivity (Wildman–Crippen MR) is 146 cm³/mol. The number of hydrazone groups is 1. The molecule has 0 aliphatic carbocycles. The van der Waals surface area contributed by atoms with Gasteiger partial charge in [0, 0.05) is 44.4 Å². The highest BCUT2D eigenvalue weighted by Gasteiger charge is 2.18. The van der Waals surface area contributed by atoms with Crippen LogP contribution in [0.1, 0.15) is 59.4 Å². The maximum absolute atomic E-state index is 12.6. The molecule has 10 heteroatoms. The Morgan fingerprint density at radius 2 is 1.97 bits per heavy atom. The smallest absolute Gasteiger partial charge is 0.291 e. The second-order valence-corrected chi connectivity index (χ2v) is 8.35. The Morgan fingerprint density at radius 3 is 2.50 bits per heavy atom. The molecule has 0 aliphatic rings. The van der Waals surface area contributed by atoms with Crippen molar-refractivity contribution in [3.63, 3.8) is 0 Å². The summed E-state index contributed by atoms with van der Waals surface area (Å²) in [6.45, 7) is 13.3. The minimum Gasteiger partial charge on any atom is -0.394 e. The average Bonchev–Trinajstić information content (AvgIpc) is 3.38. The topological polar surface area (TPSA) is 113 Å². The number of hydrogen-bond acceptors (Lipinski definition) is 8. The van der Waals surface area contributed by atoms with Crippen molar-refractivity contribution in [1.82, 2.24) is 30.1 Å². The molecule has 0 radical (unpaired) electrons. The van der Waals surface area contributed by atoms with Crippen LogP contribution in [0.15, 0.2) is 27.9 Å². The molecule has 0 aliphatic heterocycles. The highest BCUT2D eigenvalue weighted by Crippen LogP contribution is 2.31. The molecule has 3 aromatic rings. The number of aryl methyl sites for hydroxylation is 1. The summed E-state index contributed by atoms with van der Waals surface area (Å²) in [5, 5.41) is 20.5. The number of thiazole rings is 1. The molecule has 0 amide bonds. The Hall–Kier alpha value is -3.01. The van der Waals surface area contributed by atoms with Gasteiger partial charge in [0.2, 0.25) is 0 Å². The standard InChI is InChI=1S/C16H21N7OS.C6H13N.C2H6/c1-4-10(21-18-5-2)8-12-20-15-14(25-12)11-9-19-23(7-6-17)16(24)13(11)22(15)3;1-4-6(2)5-7-3;1-2/h6,9,17-18H,4-5,7-8H2,1-3H3;5,7H,4H2,1-3H3;1-2H3/b17-6?,21-10+;6-5+;. The fourth-order valence-electron chi connectivity index (χ4n) is 3.08. The molecule has 0 saturated heterocycles. The van der Waals surface area contributed by atoms with E-state index in [1.54, 1.807) is 17.5 Å². The number of rotatable bonds is 9. The largest absolute Gasteiger partial charge is 0.394 e. The van der Waals surface area contributed by atoms with Crippen molar-refractivity contribution in [2.24, 2.45) is 12.1 Å². The van der Waals surface area contributed by atoms with Gasteiger partial charge in [0.15, 0.2) is 5.65 Å². The molecule has 9 nitrogen and oxygen atoms in total. The van der Waals surface area contributed by atoms with Gasteiger partial charge in [-0.15, -0.1) is 11.3 Å². The van der Waals surface area contributed by atoms with Crippen LogP contribution in [0.3, 0.4) is 0 Å². The van der Waals surface area contributed by atoms with Gasteiger partial charge in [-0.1, -0.05) is 33.3 Å². The van der Waals surface area contributed by atoms with Crippen LogP contribution >= 0.6 is 11.3 Å². The van der Waals surface area contributed by atoms with Crippen LogP contribution in [0.25, 0.3) is 21.3 Å². The average molecular weight is 489 g/mol. The first-order valence-electron chi connectivity index (χ1n) is 11.9. The van der Waals surface area contributed by atoms with Crippen LogP contribution in [0.5, 0.6) is 0 Å². The third-order valence-electron chi connectivity index (χ3n) is 4.94. The van der Waals surface area contributed by atoms with Crippen molar-refractivity contribution >= 4 is 44.5 Å². The molecular formula is C24H40N8OS. The van der Waals surface area contributed by atoms with Crippen molar-refractivity contribution in [3.05, 3.63) is 33.3 Å². The lowest BCUT2D eigenvalue weighted by Gasteiger charge is -2.03. The summed E-state index contributed by atoms with van der Waals surface area (Å²) in [5.74, 6) is 0. The van der Waals surface area contributed by atoms with E-state index in [2.05, 4.69) is 41.7 Å². The van der Waals surface area contributed by atoms with Crippen molar-refractivity contribution in [2.75, 3.05) is 13.6 Å². The molecule has 0 saturated carbocycles. The van der Waals surface area contributed by atoms with E-state index in [1.165, 1.54) is 10.3 Å². The maximum Gasteiger partial charge on any atom is 0.291 e. The molecule has 3 N–H and O–H groups in total. The van der Waals surface area contributed by atoms with Gasteiger partial charge in [0.1, 0.15) is 10.5 Å². The quantitative estimate of drug-likeness (QED) is 0.304. The first-order chi connectivity index (χ1) is 16.4. The molecule has 0 atom stereocenters. The summed E-state index contributed by atoms with van der Waals surface area (Å²) in [4.78, 5) is 17.3. The van der Waals surface area contributed by atoms with Crippen LogP contribution < -0.4 is 16.3 Å². The summed E-state index contributed by atoms with van der Waals surface area (Å²) in [7, 11) is 3.76. The summed E-state index contributed by atoms with van der Waals surface area (Å²) >= 11 is 1.58. The molecule has 3 aromatic heterocycles. The first-order valence-corrected chi connectivity index (χ1v) is 12.7. The summed E-state index contributed by atoms with van der Waals surface area (Å²) in [5.41, 5.74) is 6.62. The van der Waals surface area contributed by atoms with Crippen LogP contribution in [-0.2, 0) is 20.0 Å². The maximum atomic E-state index is 12.6. The fourth-order valence-corrected chi connectivity index (χ4v) is 4.22. The van der Waals surface area contributed by atoms with E-state index in [0.29, 0.717) is 11.9 Å². The van der Waals surface area contributed by atoms with Gasteiger partial charge in [-0.3, -0.25) is 4.79 Å². The van der Waals surface area contributed by atoms with Gasteiger partial charge >= 0.3 is 0 Å². The van der Waals surface area contributed by atoms with E-state index in [9.17, 15) is 4.79 Å². The molecule has 0 aromatic carbocycles. The second kappa shape index (κ2) is 15.0. The summed E-state index contributed by atoms with van der Waals surface area (Å²) in [6, 6.07) is 0. The number of allylic oxidation sites excluding steroid dienone is 1. The molecule has 0 bridgehead atoms. The zero-order valence-corrected chi connectivity index (χ0v) is 22.6. The van der Waals surface area contributed by atoms with Gasteiger partial charge < -0.3 is 20.7 Å². The summed E-state index contributed by atoms with van der Waals surface area (Å²) < 4.78 is 4.08. The van der Waals surface area contributed by atoms with Crippen LogP contribution in [0.4, 0.5) is 0 Å². The highest BCUT2D eigenvalue weighted by molar-refractivity contribution is 7.19. The Kier molecular flexibility index (Phi) is 12.8. The molecule has 3 heterocycles. The molecule has 0 unspecified atom stereocenters. The minimum atomic E-state index is -0.196. The number of nitrogens with zero attached hydrogens (tertiary/aromatic N) is 5. The lowest BCUT2D eigenvalue weighted by molar-refractivity contribution is 0.680. The molecule has 0 spiro atoms. The Balaban J connectivity index is 0.000000553. The van der Waals surface area contributed by atoms with Crippen molar-refractivity contribution in [3.8, 4) is 0 Å². The third kappa shape index (κ3) is 7.24. The van der Waals surface area contributed by atoms with E-state index >= 15 is 0 Å². The van der Waals surface area contributed by atoms with Crippen LogP contribution in [0.2, 0.25) is 0 Å². The van der Waals surface area contributed by atoms with E-state index in [-0.39, 0.29) is 12.1 Å². The molecule has 34 heavy (non-hydrogen) atoms. The number of hydrogen-bond donors (Lipinski definition) is 3. The predicted octanol–water partition coefficient (Wildman–Crippen LogP) is 4.46. The van der Waals surface area contributed by atoms with Crippen LogP contribution in [0, 0.1) is 5.41 Å². The molecular weight excluding hydrogens is 448 g/mol. The Bertz CT molecular complexity index is 1170. The zero-order chi connectivity index (χ0) is 25.7. The van der Waals surface area contributed by atoms with E-state index in [1.807, 2.05) is 45.6 Å². The van der Waals surface area contributed by atoms with Gasteiger partial charge in [-0.05, 0) is 32.9 Å². The number of fused-ring (bicyclic) bond motifs is 3. The van der Waals surface area contributed by atoms with Gasteiger partial charge in [-0.2, -0.15) is 10.2 Å². The van der Waals surface area contributed by atoms with Crippen LogP contribution in [-0.4, -0.2) is 44.9 Å². The van der Waals surface area contributed by atoms with Gasteiger partial charge in [0.05, 0.1) is 17.4 Å². The Morgan fingerprint density at radius 1 is 1.26 bits per heavy atom. The molecule has 188 valence electrons. The van der Waals surface area contributed by atoms with Gasteiger partial charge in [0.25, 0.3) is 5.56 Å². The number of aromatic nitrogens is 4. The Labute approximate surface area is 206 Å². The second-order valence-electron chi connectivity index (χ2n) is 7.27. The van der Waals surface area contributed by atoms with E-state index in [0.717, 1.165) is 52.1 Å². The summed E-state index contributed by atoms with van der Waals surface area (Å²) in [6.07, 6.45) is 7.57. The lowest BCUT2D eigenvalue weighted by Crippen LogP contribution is -2.24. The van der Waals surface area contributed by atoms with E-state index < -0.39 is 0 Å². The molecule has 0 fully saturated rings. The third-order valence-corrected chi connectivity index (χ3v) is 6.02. The van der Waals surface area contributed by atoms with E-state index in [4.69, 9.17) is 10.4 Å². The first kappa shape index (κ1) is 29.0. The monoisotopic (exact) mass is 488 g/mol. The number of nitrogens with one attached hydrogen (secondary N) is 3. The highest BCUT2D eigenvalue weighted by atomic mass is 32.1. The van der Waals surface area contributed by atoms with Crippen molar-refractivity contribution < 1.29 is 0 Å². The van der Waals surface area contributed by atoms with Gasteiger partial charge in [-0.25, -0.2) is 9.67 Å².